The Bertz CT molecular complexity index is 1130. The van der Waals surface area contributed by atoms with Crippen LogP contribution >= 0.6 is 0 Å². The van der Waals surface area contributed by atoms with Gasteiger partial charge in [0.15, 0.2) is 0 Å². The van der Waals surface area contributed by atoms with Crippen molar-refractivity contribution in [2.75, 3.05) is 0 Å². The maximum absolute atomic E-state index is 12.1. The normalized spacial score (nSPS) is 10.8. The Balaban J connectivity index is 1.24. The van der Waals surface area contributed by atoms with Gasteiger partial charge in [0, 0.05) is 35.5 Å². The molecule has 0 radical (unpaired) electrons. The second-order valence-corrected chi connectivity index (χ2v) is 6.76. The number of fused-ring (bicyclic) bond motifs is 1. The molecule has 0 aliphatic heterocycles. The van der Waals surface area contributed by atoms with Crippen LogP contribution in [0.5, 0.6) is 0 Å². The van der Waals surface area contributed by atoms with Crippen LogP contribution in [0.4, 0.5) is 0 Å². The summed E-state index contributed by atoms with van der Waals surface area (Å²) < 4.78 is 5.79. The average molecular weight is 387 g/mol. The molecule has 2 aromatic heterocycles. The van der Waals surface area contributed by atoms with Crippen molar-refractivity contribution in [1.82, 2.24) is 15.8 Å². The number of furan rings is 1. The zero-order valence-electron chi connectivity index (χ0n) is 15.8. The molecule has 0 aliphatic rings. The number of hydrogen-bond acceptors (Lipinski definition) is 3. The number of rotatable bonds is 6. The van der Waals surface area contributed by atoms with E-state index >= 15 is 0 Å². The summed E-state index contributed by atoms with van der Waals surface area (Å²) in [5, 5.41) is 1.00. The molecule has 0 fully saturated rings. The summed E-state index contributed by atoms with van der Waals surface area (Å²) in [5.74, 6) is 0.958. The molecule has 0 aliphatic carbocycles. The van der Waals surface area contributed by atoms with Crippen LogP contribution in [0.25, 0.3) is 22.2 Å². The van der Waals surface area contributed by atoms with Crippen molar-refractivity contribution >= 4 is 22.7 Å². The Hall–Kier alpha value is -3.80. The number of aromatic nitrogens is 1. The molecule has 0 saturated heterocycles. The van der Waals surface area contributed by atoms with Gasteiger partial charge in [-0.15, -0.1) is 0 Å². The lowest BCUT2D eigenvalue weighted by molar-refractivity contribution is -0.128. The predicted molar refractivity (Wildman–Crippen MR) is 111 cm³/mol. The van der Waals surface area contributed by atoms with E-state index in [9.17, 15) is 9.59 Å². The second kappa shape index (κ2) is 8.48. The first-order valence-corrected chi connectivity index (χ1v) is 9.46. The second-order valence-electron chi connectivity index (χ2n) is 6.76. The highest BCUT2D eigenvalue weighted by Crippen LogP contribution is 2.22. The molecule has 0 bridgehead atoms. The zero-order chi connectivity index (χ0) is 20.1. The van der Waals surface area contributed by atoms with Crippen LogP contribution in [0.15, 0.2) is 77.3 Å². The van der Waals surface area contributed by atoms with Gasteiger partial charge < -0.3 is 9.40 Å². The molecule has 0 spiro atoms. The largest absolute Gasteiger partial charge is 0.461 e. The maximum atomic E-state index is 12.1. The molecule has 0 unspecified atom stereocenters. The lowest BCUT2D eigenvalue weighted by atomic mass is 10.1. The van der Waals surface area contributed by atoms with E-state index in [4.69, 9.17) is 4.42 Å². The van der Waals surface area contributed by atoms with E-state index in [-0.39, 0.29) is 24.7 Å². The third-order valence-corrected chi connectivity index (χ3v) is 4.69. The van der Waals surface area contributed by atoms with Crippen LogP contribution in [0, 0.1) is 0 Å². The van der Waals surface area contributed by atoms with Gasteiger partial charge in [0.2, 0.25) is 11.8 Å². The number of amides is 2. The highest BCUT2D eigenvalue weighted by atomic mass is 16.3. The highest BCUT2D eigenvalue weighted by Gasteiger charge is 2.11. The highest BCUT2D eigenvalue weighted by molar-refractivity contribution is 5.89. The number of para-hydroxylation sites is 1. The van der Waals surface area contributed by atoms with Crippen LogP contribution in [-0.4, -0.2) is 16.8 Å². The number of benzene rings is 2. The van der Waals surface area contributed by atoms with Crippen molar-refractivity contribution in [3.8, 4) is 11.3 Å². The van der Waals surface area contributed by atoms with Gasteiger partial charge in [0.1, 0.15) is 11.5 Å². The van der Waals surface area contributed by atoms with Crippen molar-refractivity contribution in [1.29, 1.82) is 0 Å². The van der Waals surface area contributed by atoms with E-state index in [1.807, 2.05) is 72.9 Å². The maximum Gasteiger partial charge on any atom is 0.242 e. The molecule has 6 nitrogen and oxygen atoms in total. The van der Waals surface area contributed by atoms with E-state index in [0.29, 0.717) is 6.42 Å². The number of aryl methyl sites for hydroxylation is 1. The van der Waals surface area contributed by atoms with Gasteiger partial charge in [-0.05, 0) is 23.8 Å². The van der Waals surface area contributed by atoms with Crippen LogP contribution < -0.4 is 10.9 Å². The number of hydrazine groups is 1. The molecular weight excluding hydrogens is 366 g/mol. The van der Waals surface area contributed by atoms with E-state index in [1.54, 1.807) is 0 Å². The first kappa shape index (κ1) is 18.6. The summed E-state index contributed by atoms with van der Waals surface area (Å²) in [7, 11) is 0. The Kier molecular flexibility index (Phi) is 5.42. The molecule has 2 amide bonds. The van der Waals surface area contributed by atoms with Crippen LogP contribution in [0.2, 0.25) is 0 Å². The molecule has 2 heterocycles. The quantitative estimate of drug-likeness (QED) is 0.440. The number of nitrogens with one attached hydrogen (secondary N) is 3. The van der Waals surface area contributed by atoms with Crippen molar-refractivity contribution < 1.29 is 14.0 Å². The first-order valence-electron chi connectivity index (χ1n) is 9.46. The fourth-order valence-electron chi connectivity index (χ4n) is 3.20. The summed E-state index contributed by atoms with van der Waals surface area (Å²) in [6, 6.07) is 21.3. The summed E-state index contributed by atoms with van der Waals surface area (Å²) in [6.45, 7) is 0. The first-order chi connectivity index (χ1) is 14.2. The van der Waals surface area contributed by atoms with Gasteiger partial charge in [-0.1, -0.05) is 48.5 Å². The predicted octanol–water partition coefficient (Wildman–Crippen LogP) is 3.75. The molecule has 4 aromatic rings. The van der Waals surface area contributed by atoms with Crippen LogP contribution in [-0.2, 0) is 22.4 Å². The van der Waals surface area contributed by atoms with Gasteiger partial charge in [-0.3, -0.25) is 20.4 Å². The summed E-state index contributed by atoms with van der Waals surface area (Å²) >= 11 is 0. The number of carbonyl (C=O) groups excluding carboxylic acids is 2. The Morgan fingerprint density at radius 3 is 2.48 bits per heavy atom. The van der Waals surface area contributed by atoms with Gasteiger partial charge in [-0.2, -0.15) is 0 Å². The summed E-state index contributed by atoms with van der Waals surface area (Å²) in [5.41, 5.74) is 7.79. The minimum atomic E-state index is -0.271. The van der Waals surface area contributed by atoms with Gasteiger partial charge in [-0.25, -0.2) is 0 Å². The van der Waals surface area contributed by atoms with Gasteiger partial charge >= 0.3 is 0 Å². The number of carbonyl (C=O) groups is 2. The third kappa shape index (κ3) is 4.55. The Morgan fingerprint density at radius 2 is 1.62 bits per heavy atom. The van der Waals surface area contributed by atoms with E-state index in [0.717, 1.165) is 33.6 Å². The summed E-state index contributed by atoms with van der Waals surface area (Å²) in [4.78, 5) is 27.3. The SMILES string of the molecule is O=C(CCc1ccc(-c2ccccc2)o1)NNC(=O)Cc1c[nH]c2ccccc12. The molecule has 3 N–H and O–H groups in total. The Morgan fingerprint density at radius 1 is 0.862 bits per heavy atom. The van der Waals surface area contributed by atoms with E-state index in [2.05, 4.69) is 15.8 Å². The third-order valence-electron chi connectivity index (χ3n) is 4.69. The molecule has 0 atom stereocenters. The van der Waals surface area contributed by atoms with E-state index < -0.39 is 0 Å². The average Bonchev–Trinajstić information content (AvgIpc) is 3.39. The topological polar surface area (TPSA) is 87.1 Å². The number of H-pyrrole nitrogens is 1. The molecule has 4 rings (SSSR count). The van der Waals surface area contributed by atoms with Gasteiger partial charge in [0.25, 0.3) is 0 Å². The molecule has 146 valence electrons. The molecule has 2 aromatic carbocycles. The lowest BCUT2D eigenvalue weighted by Crippen LogP contribution is -2.42. The smallest absolute Gasteiger partial charge is 0.242 e. The number of aromatic amines is 1. The molecular formula is C23H21N3O3. The molecule has 6 heteroatoms. The van der Waals surface area contributed by atoms with Gasteiger partial charge in [0.05, 0.1) is 6.42 Å². The number of hydrogen-bond donors (Lipinski definition) is 3. The lowest BCUT2D eigenvalue weighted by Gasteiger charge is -2.06. The summed E-state index contributed by atoms with van der Waals surface area (Å²) in [6.07, 6.45) is 2.67. The fourth-order valence-corrected chi connectivity index (χ4v) is 3.20. The standard InChI is InChI=1S/C23H21N3O3/c27-22(13-11-18-10-12-21(29-18)16-6-2-1-3-7-16)25-26-23(28)14-17-15-24-20-9-5-4-8-19(17)20/h1-10,12,15,24H,11,13-14H2,(H,25,27)(H,26,28). The van der Waals surface area contributed by atoms with Crippen molar-refractivity contribution in [2.24, 2.45) is 0 Å². The minimum Gasteiger partial charge on any atom is -0.461 e. The monoisotopic (exact) mass is 387 g/mol. The van der Waals surface area contributed by atoms with E-state index in [1.165, 1.54) is 0 Å². The Labute approximate surface area is 167 Å². The zero-order valence-corrected chi connectivity index (χ0v) is 15.8. The van der Waals surface area contributed by atoms with Crippen molar-refractivity contribution in [3.63, 3.8) is 0 Å². The molecule has 29 heavy (non-hydrogen) atoms. The van der Waals surface area contributed by atoms with Crippen molar-refractivity contribution in [3.05, 3.63) is 84.3 Å². The van der Waals surface area contributed by atoms with Crippen molar-refractivity contribution in [2.45, 2.75) is 19.3 Å². The molecule has 0 saturated carbocycles. The van der Waals surface area contributed by atoms with Crippen LogP contribution in [0.1, 0.15) is 17.7 Å². The fraction of sp³-hybridized carbons (Fsp3) is 0.130. The minimum absolute atomic E-state index is 0.183. The van der Waals surface area contributed by atoms with Crippen LogP contribution in [0.3, 0.4) is 0 Å².